The van der Waals surface area contributed by atoms with Crippen LogP contribution in [0.1, 0.15) is 37.7 Å². The van der Waals surface area contributed by atoms with Gasteiger partial charge in [-0.15, -0.1) is 12.4 Å². The fraction of sp³-hybridized carbons (Fsp3) is 0.529. The number of amides is 2. The maximum atomic E-state index is 12.1. The van der Waals surface area contributed by atoms with Gasteiger partial charge in [0.1, 0.15) is 5.75 Å². The van der Waals surface area contributed by atoms with Gasteiger partial charge in [-0.3, -0.25) is 9.59 Å². The van der Waals surface area contributed by atoms with Crippen molar-refractivity contribution in [1.82, 2.24) is 10.6 Å². The van der Waals surface area contributed by atoms with Gasteiger partial charge in [-0.05, 0) is 30.5 Å². The largest absolute Gasteiger partial charge is 0.497 e. The zero-order valence-electron chi connectivity index (χ0n) is 14.0. The van der Waals surface area contributed by atoms with E-state index in [-0.39, 0.29) is 30.8 Å². The summed E-state index contributed by atoms with van der Waals surface area (Å²) in [7, 11) is 1.61. The van der Waals surface area contributed by atoms with Crippen LogP contribution in [0, 0.1) is 0 Å². The van der Waals surface area contributed by atoms with E-state index in [2.05, 4.69) is 10.6 Å². The first-order valence-electron chi connectivity index (χ1n) is 8.00. The van der Waals surface area contributed by atoms with Gasteiger partial charge >= 0.3 is 0 Å². The Bertz CT molecular complexity index is 543. The SMILES string of the molecule is COc1ccc(CNC(=O)CNC(=O)C2(N)CCCCC2)cc1.Cl. The van der Waals surface area contributed by atoms with Crippen molar-refractivity contribution < 1.29 is 14.3 Å². The van der Waals surface area contributed by atoms with Gasteiger partial charge in [0.2, 0.25) is 11.8 Å². The summed E-state index contributed by atoms with van der Waals surface area (Å²) >= 11 is 0. The molecule has 1 fully saturated rings. The van der Waals surface area contributed by atoms with Gasteiger partial charge < -0.3 is 21.1 Å². The monoisotopic (exact) mass is 355 g/mol. The van der Waals surface area contributed by atoms with Crippen LogP contribution in [0.4, 0.5) is 0 Å². The van der Waals surface area contributed by atoms with Crippen molar-refractivity contribution in [3.8, 4) is 5.75 Å². The Balaban J connectivity index is 0.00000288. The van der Waals surface area contributed by atoms with Crippen LogP contribution in [-0.4, -0.2) is 31.0 Å². The van der Waals surface area contributed by atoms with E-state index in [1.807, 2.05) is 24.3 Å². The molecule has 2 rings (SSSR count). The summed E-state index contributed by atoms with van der Waals surface area (Å²) in [4.78, 5) is 24.0. The zero-order valence-corrected chi connectivity index (χ0v) is 14.8. The standard InChI is InChI=1S/C17H25N3O3.ClH/c1-23-14-7-5-13(6-8-14)11-19-15(21)12-20-16(22)17(18)9-3-2-4-10-17;/h5-8H,2-4,9-12,18H2,1H3,(H,19,21)(H,20,22);1H. The molecule has 7 heteroatoms. The lowest BCUT2D eigenvalue weighted by Crippen LogP contribution is -2.56. The molecule has 0 radical (unpaired) electrons. The molecule has 6 nitrogen and oxygen atoms in total. The van der Waals surface area contributed by atoms with Gasteiger partial charge in [0.15, 0.2) is 0 Å². The van der Waals surface area contributed by atoms with Crippen molar-refractivity contribution in [1.29, 1.82) is 0 Å². The highest BCUT2D eigenvalue weighted by atomic mass is 35.5. The molecule has 0 aromatic heterocycles. The molecule has 0 saturated heterocycles. The molecular weight excluding hydrogens is 330 g/mol. The number of benzene rings is 1. The van der Waals surface area contributed by atoms with Crippen molar-refractivity contribution in [2.75, 3.05) is 13.7 Å². The number of rotatable bonds is 6. The number of hydrogen-bond donors (Lipinski definition) is 3. The Labute approximate surface area is 148 Å². The molecule has 0 bridgehead atoms. The van der Waals surface area contributed by atoms with E-state index in [0.29, 0.717) is 19.4 Å². The Morgan fingerprint density at radius 3 is 2.33 bits per heavy atom. The van der Waals surface area contributed by atoms with Gasteiger partial charge in [0.25, 0.3) is 0 Å². The molecular formula is C17H26ClN3O3. The highest BCUT2D eigenvalue weighted by Crippen LogP contribution is 2.25. The van der Waals surface area contributed by atoms with Gasteiger partial charge in [-0.2, -0.15) is 0 Å². The molecule has 1 saturated carbocycles. The van der Waals surface area contributed by atoms with Crippen LogP contribution >= 0.6 is 12.4 Å². The molecule has 1 aromatic rings. The lowest BCUT2D eigenvalue weighted by molar-refractivity contribution is -0.130. The molecule has 2 amide bonds. The second-order valence-corrected chi connectivity index (χ2v) is 6.02. The molecule has 0 heterocycles. The Hall–Kier alpha value is -1.79. The van der Waals surface area contributed by atoms with E-state index in [0.717, 1.165) is 30.6 Å². The number of hydrogen-bond acceptors (Lipinski definition) is 4. The Morgan fingerprint density at radius 1 is 1.12 bits per heavy atom. The first-order chi connectivity index (χ1) is 11.0. The molecule has 0 spiro atoms. The summed E-state index contributed by atoms with van der Waals surface area (Å²) in [6, 6.07) is 7.44. The number of carbonyl (C=O) groups excluding carboxylic acids is 2. The normalized spacial score (nSPS) is 15.8. The quantitative estimate of drug-likeness (QED) is 0.721. The van der Waals surface area contributed by atoms with E-state index in [4.69, 9.17) is 10.5 Å². The highest BCUT2D eigenvalue weighted by Gasteiger charge is 2.35. The number of nitrogens with one attached hydrogen (secondary N) is 2. The van der Waals surface area contributed by atoms with E-state index in [1.165, 1.54) is 0 Å². The van der Waals surface area contributed by atoms with Crippen LogP contribution in [0.2, 0.25) is 0 Å². The zero-order chi connectivity index (χ0) is 16.7. The summed E-state index contributed by atoms with van der Waals surface area (Å²) in [5, 5.41) is 5.42. The van der Waals surface area contributed by atoms with Crippen LogP contribution in [-0.2, 0) is 16.1 Å². The summed E-state index contributed by atoms with van der Waals surface area (Å²) in [6.07, 6.45) is 4.42. The number of methoxy groups -OCH3 is 1. The summed E-state index contributed by atoms with van der Waals surface area (Å²) in [6.45, 7) is 0.362. The third-order valence-electron chi connectivity index (χ3n) is 4.26. The second-order valence-electron chi connectivity index (χ2n) is 6.02. The smallest absolute Gasteiger partial charge is 0.240 e. The first kappa shape index (κ1) is 20.3. The maximum absolute atomic E-state index is 12.1. The van der Waals surface area contributed by atoms with Crippen molar-refractivity contribution in [3.63, 3.8) is 0 Å². The molecule has 0 aliphatic heterocycles. The van der Waals surface area contributed by atoms with Gasteiger partial charge in [-0.25, -0.2) is 0 Å². The van der Waals surface area contributed by atoms with Crippen molar-refractivity contribution in [2.45, 2.75) is 44.2 Å². The van der Waals surface area contributed by atoms with Crippen LogP contribution in [0.25, 0.3) is 0 Å². The van der Waals surface area contributed by atoms with Crippen LogP contribution in [0.5, 0.6) is 5.75 Å². The molecule has 4 N–H and O–H groups in total. The lowest BCUT2D eigenvalue weighted by Gasteiger charge is -2.31. The third-order valence-corrected chi connectivity index (χ3v) is 4.26. The minimum Gasteiger partial charge on any atom is -0.497 e. The first-order valence-corrected chi connectivity index (χ1v) is 8.00. The van der Waals surface area contributed by atoms with Gasteiger partial charge in [0, 0.05) is 6.54 Å². The molecule has 1 aliphatic rings. The maximum Gasteiger partial charge on any atom is 0.240 e. The molecule has 134 valence electrons. The van der Waals surface area contributed by atoms with Gasteiger partial charge in [-0.1, -0.05) is 31.4 Å². The fourth-order valence-electron chi connectivity index (χ4n) is 2.75. The average Bonchev–Trinajstić information content (AvgIpc) is 2.58. The molecule has 0 atom stereocenters. The van der Waals surface area contributed by atoms with Crippen LogP contribution in [0.15, 0.2) is 24.3 Å². The molecule has 24 heavy (non-hydrogen) atoms. The third kappa shape index (κ3) is 5.69. The fourth-order valence-corrected chi connectivity index (χ4v) is 2.75. The Morgan fingerprint density at radius 2 is 1.75 bits per heavy atom. The summed E-state index contributed by atoms with van der Waals surface area (Å²) in [5.41, 5.74) is 6.28. The van der Waals surface area contributed by atoms with E-state index in [9.17, 15) is 9.59 Å². The predicted octanol–water partition coefficient (Wildman–Crippen LogP) is 1.51. The van der Waals surface area contributed by atoms with E-state index < -0.39 is 5.54 Å². The highest BCUT2D eigenvalue weighted by molar-refractivity contribution is 5.90. The summed E-state index contributed by atoms with van der Waals surface area (Å²) < 4.78 is 5.08. The number of halogens is 1. The van der Waals surface area contributed by atoms with Crippen LogP contribution < -0.4 is 21.1 Å². The van der Waals surface area contributed by atoms with Gasteiger partial charge in [0.05, 0.1) is 19.2 Å². The lowest BCUT2D eigenvalue weighted by atomic mass is 9.82. The van der Waals surface area contributed by atoms with Crippen molar-refractivity contribution >= 4 is 24.2 Å². The predicted molar refractivity (Wildman–Crippen MR) is 95.1 cm³/mol. The second kappa shape index (κ2) is 9.49. The number of ether oxygens (including phenoxy) is 1. The molecule has 0 unspecified atom stereocenters. The van der Waals surface area contributed by atoms with E-state index >= 15 is 0 Å². The van der Waals surface area contributed by atoms with E-state index in [1.54, 1.807) is 7.11 Å². The average molecular weight is 356 g/mol. The number of carbonyl (C=O) groups is 2. The molecule has 1 aliphatic carbocycles. The topological polar surface area (TPSA) is 93.5 Å². The van der Waals surface area contributed by atoms with Crippen molar-refractivity contribution in [2.24, 2.45) is 5.73 Å². The minimum absolute atomic E-state index is 0. The molecule has 1 aromatic carbocycles. The minimum atomic E-state index is -0.811. The summed E-state index contributed by atoms with van der Waals surface area (Å²) in [5.74, 6) is 0.318. The van der Waals surface area contributed by atoms with Crippen molar-refractivity contribution in [3.05, 3.63) is 29.8 Å². The number of nitrogens with two attached hydrogens (primary N) is 1. The Kier molecular flexibility index (Phi) is 8.01. The van der Waals surface area contributed by atoms with Crippen LogP contribution in [0.3, 0.4) is 0 Å².